The van der Waals surface area contributed by atoms with Crippen molar-refractivity contribution >= 4 is 11.9 Å². The SMILES string of the molecule is COc1c(O)c(CCC(=O)OC2OC(C(=O)O)C(O)C(O)C2O)cc2c1OCO2. The number of aromatic hydroxyl groups is 1. The molecule has 5 N–H and O–H groups in total. The summed E-state index contributed by atoms with van der Waals surface area (Å²) in [7, 11) is 1.33. The molecule has 5 unspecified atom stereocenters. The summed E-state index contributed by atoms with van der Waals surface area (Å²) in [5.74, 6) is -2.13. The van der Waals surface area contributed by atoms with Crippen LogP contribution < -0.4 is 14.2 Å². The Labute approximate surface area is 163 Å². The molecule has 1 aromatic rings. The van der Waals surface area contributed by atoms with Gasteiger partial charge in [0.05, 0.1) is 7.11 Å². The molecule has 12 nitrogen and oxygen atoms in total. The Bertz CT molecular complexity index is 793. The van der Waals surface area contributed by atoms with Gasteiger partial charge in [-0.15, -0.1) is 0 Å². The molecule has 0 aliphatic carbocycles. The highest BCUT2D eigenvalue weighted by Crippen LogP contribution is 2.48. The number of phenolic OH excluding ortho intramolecular Hbond substituents is 1. The predicted octanol–water partition coefficient (Wildman–Crippen LogP) is -1.50. The van der Waals surface area contributed by atoms with E-state index >= 15 is 0 Å². The first-order chi connectivity index (χ1) is 13.7. The second-order valence-electron chi connectivity index (χ2n) is 6.38. The van der Waals surface area contributed by atoms with Crippen molar-refractivity contribution in [3.63, 3.8) is 0 Å². The number of benzene rings is 1. The number of aliphatic hydroxyl groups is 3. The van der Waals surface area contributed by atoms with E-state index in [1.807, 2.05) is 0 Å². The van der Waals surface area contributed by atoms with Gasteiger partial charge in [-0.3, -0.25) is 4.79 Å². The summed E-state index contributed by atoms with van der Waals surface area (Å²) in [5.41, 5.74) is 0.298. The number of hydrogen-bond donors (Lipinski definition) is 5. The predicted molar refractivity (Wildman–Crippen MR) is 89.5 cm³/mol. The summed E-state index contributed by atoms with van der Waals surface area (Å²) < 4.78 is 25.3. The van der Waals surface area contributed by atoms with E-state index in [-0.39, 0.29) is 36.9 Å². The number of aliphatic hydroxyl groups excluding tert-OH is 3. The first-order valence-corrected chi connectivity index (χ1v) is 8.55. The molecule has 3 rings (SSSR count). The van der Waals surface area contributed by atoms with Gasteiger partial charge in [0.2, 0.25) is 24.6 Å². The van der Waals surface area contributed by atoms with Crippen LogP contribution in [0.2, 0.25) is 0 Å². The van der Waals surface area contributed by atoms with E-state index in [9.17, 15) is 30.0 Å². The Hall–Kier alpha value is -2.80. The van der Waals surface area contributed by atoms with Crippen LogP contribution in [0.1, 0.15) is 12.0 Å². The topological polar surface area (TPSA) is 181 Å². The lowest BCUT2D eigenvalue weighted by Gasteiger charge is -2.37. The number of ether oxygens (including phenoxy) is 5. The molecule has 2 aliphatic rings. The number of aliphatic carboxylic acids is 1. The van der Waals surface area contributed by atoms with Crippen LogP contribution in [0.3, 0.4) is 0 Å². The van der Waals surface area contributed by atoms with E-state index in [0.29, 0.717) is 11.3 Å². The molecule has 1 saturated heterocycles. The lowest BCUT2D eigenvalue weighted by atomic mass is 9.99. The fourth-order valence-corrected chi connectivity index (χ4v) is 3.01. The van der Waals surface area contributed by atoms with Crippen molar-refractivity contribution < 1.29 is 58.8 Å². The number of carbonyl (C=O) groups is 2. The average molecular weight is 416 g/mol. The molecule has 0 aromatic heterocycles. The Morgan fingerprint density at radius 3 is 2.55 bits per heavy atom. The Morgan fingerprint density at radius 1 is 1.17 bits per heavy atom. The van der Waals surface area contributed by atoms with Gasteiger partial charge in [0, 0.05) is 12.0 Å². The summed E-state index contributed by atoms with van der Waals surface area (Å²) in [6.45, 7) is -0.0491. The molecular formula is C17H20O12. The molecule has 29 heavy (non-hydrogen) atoms. The van der Waals surface area contributed by atoms with Gasteiger partial charge in [-0.25, -0.2) is 4.79 Å². The third-order valence-corrected chi connectivity index (χ3v) is 4.54. The van der Waals surface area contributed by atoms with E-state index in [4.69, 9.17) is 28.8 Å². The number of carboxylic acids is 1. The molecular weight excluding hydrogens is 396 g/mol. The molecule has 12 heteroatoms. The van der Waals surface area contributed by atoms with Crippen LogP contribution in [0.5, 0.6) is 23.0 Å². The number of methoxy groups -OCH3 is 1. The fourth-order valence-electron chi connectivity index (χ4n) is 3.01. The normalized spacial score (nSPS) is 28.1. The lowest BCUT2D eigenvalue weighted by Crippen LogP contribution is -2.60. The number of carbonyl (C=O) groups excluding carboxylic acids is 1. The summed E-state index contributed by atoms with van der Waals surface area (Å²) in [5, 5.41) is 48.5. The summed E-state index contributed by atoms with van der Waals surface area (Å²) in [6, 6.07) is 1.47. The molecule has 0 saturated carbocycles. The van der Waals surface area contributed by atoms with Crippen LogP contribution in [-0.2, 0) is 25.5 Å². The number of phenols is 1. The van der Waals surface area contributed by atoms with Gasteiger partial charge in [0.15, 0.2) is 17.6 Å². The number of rotatable bonds is 6. The van der Waals surface area contributed by atoms with Gasteiger partial charge in [-0.2, -0.15) is 0 Å². The molecule has 0 radical (unpaired) electrons. The third-order valence-electron chi connectivity index (χ3n) is 4.54. The van der Waals surface area contributed by atoms with Gasteiger partial charge in [0.25, 0.3) is 0 Å². The Morgan fingerprint density at radius 2 is 1.90 bits per heavy atom. The van der Waals surface area contributed by atoms with Crippen molar-refractivity contribution in [1.82, 2.24) is 0 Å². The van der Waals surface area contributed by atoms with Crippen LogP contribution in [0.4, 0.5) is 0 Å². The van der Waals surface area contributed by atoms with Crippen molar-refractivity contribution in [2.45, 2.75) is 43.5 Å². The molecule has 2 aliphatic heterocycles. The molecule has 0 amide bonds. The molecule has 2 heterocycles. The van der Waals surface area contributed by atoms with Gasteiger partial charge < -0.3 is 49.2 Å². The summed E-state index contributed by atoms with van der Waals surface area (Å²) in [6.07, 6.45) is -9.60. The van der Waals surface area contributed by atoms with Crippen molar-refractivity contribution in [3.8, 4) is 23.0 Å². The second-order valence-corrected chi connectivity index (χ2v) is 6.38. The molecule has 160 valence electrons. The number of hydrogen-bond acceptors (Lipinski definition) is 11. The van der Waals surface area contributed by atoms with Crippen LogP contribution in [0, 0.1) is 0 Å². The maximum Gasteiger partial charge on any atom is 0.335 e. The molecule has 1 aromatic carbocycles. The minimum atomic E-state index is -1.89. The second kappa shape index (κ2) is 8.29. The van der Waals surface area contributed by atoms with Crippen LogP contribution in [-0.4, -0.2) is 82.1 Å². The standard InChI is InChI=1S/C17H20O12/c1-25-14-9(19)6(4-7-13(14)27-5-26-7)2-3-8(18)28-17-12(22)10(20)11(21)15(29-17)16(23)24/h4,10-12,15,17,19-22H,2-3,5H2,1H3,(H,23,24). The van der Waals surface area contributed by atoms with Crippen molar-refractivity contribution in [2.75, 3.05) is 13.9 Å². The number of fused-ring (bicyclic) bond motifs is 1. The van der Waals surface area contributed by atoms with E-state index in [1.165, 1.54) is 13.2 Å². The first-order valence-electron chi connectivity index (χ1n) is 8.55. The Kier molecular flexibility index (Phi) is 5.98. The van der Waals surface area contributed by atoms with Crippen LogP contribution in [0.25, 0.3) is 0 Å². The van der Waals surface area contributed by atoms with E-state index in [0.717, 1.165) is 0 Å². The third kappa shape index (κ3) is 4.00. The van der Waals surface area contributed by atoms with Crippen LogP contribution >= 0.6 is 0 Å². The average Bonchev–Trinajstić information content (AvgIpc) is 3.14. The number of esters is 1. The van der Waals surface area contributed by atoms with E-state index < -0.39 is 42.6 Å². The van der Waals surface area contributed by atoms with E-state index in [2.05, 4.69) is 0 Å². The van der Waals surface area contributed by atoms with Gasteiger partial charge in [0.1, 0.15) is 18.3 Å². The highest BCUT2D eigenvalue weighted by atomic mass is 16.7. The highest BCUT2D eigenvalue weighted by molar-refractivity contribution is 5.74. The maximum atomic E-state index is 12.1. The number of aryl methyl sites for hydroxylation is 1. The van der Waals surface area contributed by atoms with Crippen molar-refractivity contribution in [2.24, 2.45) is 0 Å². The van der Waals surface area contributed by atoms with Gasteiger partial charge >= 0.3 is 11.9 Å². The van der Waals surface area contributed by atoms with Crippen molar-refractivity contribution in [3.05, 3.63) is 11.6 Å². The first kappa shape index (κ1) is 20.9. The number of carboxylic acid groups (broad SMARTS) is 1. The minimum Gasteiger partial charge on any atom is -0.504 e. The zero-order chi connectivity index (χ0) is 21.3. The monoisotopic (exact) mass is 416 g/mol. The summed E-state index contributed by atoms with van der Waals surface area (Å²) >= 11 is 0. The molecule has 5 atom stereocenters. The van der Waals surface area contributed by atoms with Crippen LogP contribution in [0.15, 0.2) is 6.07 Å². The van der Waals surface area contributed by atoms with E-state index in [1.54, 1.807) is 0 Å². The Balaban J connectivity index is 1.65. The fraction of sp³-hybridized carbons (Fsp3) is 0.529. The summed E-state index contributed by atoms with van der Waals surface area (Å²) in [4.78, 5) is 23.2. The zero-order valence-corrected chi connectivity index (χ0v) is 15.2. The quantitative estimate of drug-likeness (QED) is 0.339. The minimum absolute atomic E-state index is 0.0198. The largest absolute Gasteiger partial charge is 0.504 e. The van der Waals surface area contributed by atoms with Gasteiger partial charge in [-0.1, -0.05) is 0 Å². The molecule has 0 bridgehead atoms. The van der Waals surface area contributed by atoms with Gasteiger partial charge in [-0.05, 0) is 12.5 Å². The smallest absolute Gasteiger partial charge is 0.335 e. The maximum absolute atomic E-state index is 12.1. The molecule has 1 fully saturated rings. The zero-order valence-electron chi connectivity index (χ0n) is 15.2. The van der Waals surface area contributed by atoms with Crippen molar-refractivity contribution in [1.29, 1.82) is 0 Å². The molecule has 0 spiro atoms. The highest BCUT2D eigenvalue weighted by Gasteiger charge is 2.48. The lowest BCUT2D eigenvalue weighted by molar-refractivity contribution is -0.286.